The summed E-state index contributed by atoms with van der Waals surface area (Å²) in [5.74, 6) is 0. The Labute approximate surface area is 293 Å². The van der Waals surface area contributed by atoms with Gasteiger partial charge in [-0.25, -0.2) is 0 Å². The van der Waals surface area contributed by atoms with E-state index in [1.54, 1.807) is 0 Å². The zero-order valence-corrected chi connectivity index (χ0v) is 27.5. The monoisotopic (exact) mass is 635 g/mol. The van der Waals surface area contributed by atoms with E-state index in [4.69, 9.17) is 0 Å². The highest BCUT2D eigenvalue weighted by Crippen LogP contribution is 2.63. The number of benzene rings is 8. The zero-order chi connectivity index (χ0) is 33.1. The van der Waals surface area contributed by atoms with Crippen molar-refractivity contribution in [3.8, 4) is 55.6 Å². The lowest BCUT2D eigenvalue weighted by atomic mass is 9.70. The van der Waals surface area contributed by atoms with Crippen LogP contribution in [0.4, 0.5) is 11.4 Å². The fourth-order valence-corrected chi connectivity index (χ4v) is 8.64. The van der Waals surface area contributed by atoms with Crippen molar-refractivity contribution in [2.75, 3.05) is 5.32 Å². The summed E-state index contributed by atoms with van der Waals surface area (Å²) in [6, 6.07) is 70.8. The fraction of sp³-hybridized carbons (Fsp3) is 0.0204. The molecule has 0 atom stereocenters. The van der Waals surface area contributed by atoms with Crippen LogP contribution in [-0.4, -0.2) is 0 Å². The first kappa shape index (κ1) is 28.6. The van der Waals surface area contributed by atoms with Crippen molar-refractivity contribution in [2.24, 2.45) is 0 Å². The smallest absolute Gasteiger partial charge is 0.0726 e. The van der Waals surface area contributed by atoms with Crippen LogP contribution < -0.4 is 5.32 Å². The van der Waals surface area contributed by atoms with Crippen LogP contribution in [0, 0.1) is 0 Å². The van der Waals surface area contributed by atoms with Crippen LogP contribution in [0.3, 0.4) is 0 Å². The van der Waals surface area contributed by atoms with Crippen molar-refractivity contribution in [3.05, 3.63) is 216 Å². The fourth-order valence-electron chi connectivity index (χ4n) is 8.64. The lowest BCUT2D eigenvalue weighted by Crippen LogP contribution is -2.25. The van der Waals surface area contributed by atoms with Crippen LogP contribution in [0.5, 0.6) is 0 Å². The molecule has 0 bridgehead atoms. The van der Waals surface area contributed by atoms with Crippen molar-refractivity contribution in [1.29, 1.82) is 0 Å². The molecule has 0 fully saturated rings. The molecule has 2 aliphatic rings. The van der Waals surface area contributed by atoms with Crippen molar-refractivity contribution in [2.45, 2.75) is 5.41 Å². The van der Waals surface area contributed by atoms with Crippen molar-refractivity contribution >= 4 is 11.4 Å². The number of rotatable bonds is 5. The Balaban J connectivity index is 1.07. The van der Waals surface area contributed by atoms with Gasteiger partial charge in [0.2, 0.25) is 0 Å². The summed E-state index contributed by atoms with van der Waals surface area (Å²) in [5, 5.41) is 3.79. The lowest BCUT2D eigenvalue weighted by molar-refractivity contribution is 0.794. The molecule has 2 aliphatic carbocycles. The van der Waals surface area contributed by atoms with E-state index in [2.05, 4.69) is 199 Å². The predicted molar refractivity (Wildman–Crippen MR) is 209 cm³/mol. The molecule has 0 heterocycles. The third-order valence-electron chi connectivity index (χ3n) is 10.7. The molecule has 0 saturated carbocycles. The van der Waals surface area contributed by atoms with Gasteiger partial charge in [-0.15, -0.1) is 0 Å². The molecule has 234 valence electrons. The minimum Gasteiger partial charge on any atom is -0.356 e. The minimum absolute atomic E-state index is 0.352. The van der Waals surface area contributed by atoms with Gasteiger partial charge >= 0.3 is 0 Å². The van der Waals surface area contributed by atoms with Crippen LogP contribution in [0.2, 0.25) is 0 Å². The van der Waals surface area contributed by atoms with Gasteiger partial charge in [-0.2, -0.15) is 0 Å². The van der Waals surface area contributed by atoms with Gasteiger partial charge in [-0.3, -0.25) is 0 Å². The Bertz CT molecular complexity index is 2420. The van der Waals surface area contributed by atoms with E-state index in [0.29, 0.717) is 0 Å². The molecule has 0 aliphatic heterocycles. The van der Waals surface area contributed by atoms with E-state index in [9.17, 15) is 0 Å². The molecule has 1 spiro atoms. The molecular formula is C49H33N. The van der Waals surface area contributed by atoms with Gasteiger partial charge < -0.3 is 5.32 Å². The number of anilines is 2. The molecule has 8 aromatic rings. The third-order valence-corrected chi connectivity index (χ3v) is 10.7. The predicted octanol–water partition coefficient (Wildman–Crippen LogP) is 12.8. The second kappa shape index (κ2) is 11.3. The van der Waals surface area contributed by atoms with E-state index in [1.807, 2.05) is 0 Å². The molecule has 0 unspecified atom stereocenters. The van der Waals surface area contributed by atoms with Gasteiger partial charge in [-0.05, 0) is 102 Å². The zero-order valence-electron chi connectivity index (χ0n) is 27.5. The summed E-state index contributed by atoms with van der Waals surface area (Å²) >= 11 is 0. The van der Waals surface area contributed by atoms with Crippen molar-refractivity contribution < 1.29 is 0 Å². The summed E-state index contributed by atoms with van der Waals surface area (Å²) in [7, 11) is 0. The van der Waals surface area contributed by atoms with E-state index in [1.165, 1.54) is 77.9 Å². The molecule has 0 aromatic heterocycles. The highest BCUT2D eigenvalue weighted by Gasteiger charge is 2.51. The standard InChI is InChI=1S/C49H33N/c1-3-14-33(15-4-1)38-21-13-22-39(34-16-5-2-6-17-34)48(38)35-26-28-36(29-27-35)50-37-30-31-43-42-20-9-12-25-46(42)49(47(43)32-37)44-23-10-7-18-40(44)41-19-8-11-24-45(41)49/h1-32,50H. The summed E-state index contributed by atoms with van der Waals surface area (Å²) in [6.07, 6.45) is 0. The van der Waals surface area contributed by atoms with Crippen LogP contribution in [0.15, 0.2) is 194 Å². The summed E-state index contributed by atoms with van der Waals surface area (Å²) in [4.78, 5) is 0. The summed E-state index contributed by atoms with van der Waals surface area (Å²) in [5.41, 5.74) is 19.8. The first-order chi connectivity index (χ1) is 24.8. The highest BCUT2D eigenvalue weighted by molar-refractivity contribution is 5.97. The van der Waals surface area contributed by atoms with E-state index >= 15 is 0 Å². The molecule has 1 nitrogen and oxygen atoms in total. The topological polar surface area (TPSA) is 12.0 Å². The SMILES string of the molecule is c1ccc(-c2cccc(-c3ccccc3)c2-c2ccc(Nc3ccc4c(c3)C3(c5ccccc5-c5ccccc53)c3ccccc3-4)cc2)cc1. The molecule has 0 amide bonds. The minimum atomic E-state index is -0.352. The molecule has 1 heteroatoms. The molecule has 0 radical (unpaired) electrons. The summed E-state index contributed by atoms with van der Waals surface area (Å²) in [6.45, 7) is 0. The van der Waals surface area contributed by atoms with Gasteiger partial charge in [0.1, 0.15) is 0 Å². The third kappa shape index (κ3) is 4.20. The summed E-state index contributed by atoms with van der Waals surface area (Å²) < 4.78 is 0. The lowest BCUT2D eigenvalue weighted by Gasteiger charge is -2.30. The molecule has 1 N–H and O–H groups in total. The van der Waals surface area contributed by atoms with Crippen molar-refractivity contribution in [3.63, 3.8) is 0 Å². The molecule has 10 rings (SSSR count). The molecule has 8 aromatic carbocycles. The maximum Gasteiger partial charge on any atom is 0.0726 e. The largest absolute Gasteiger partial charge is 0.356 e. The number of fused-ring (bicyclic) bond motifs is 10. The van der Waals surface area contributed by atoms with Gasteiger partial charge in [0.25, 0.3) is 0 Å². The van der Waals surface area contributed by atoms with E-state index in [0.717, 1.165) is 11.4 Å². The Morgan fingerprint density at radius 2 is 0.700 bits per heavy atom. The number of hydrogen-bond donors (Lipinski definition) is 1. The van der Waals surface area contributed by atoms with Gasteiger partial charge in [0.05, 0.1) is 5.41 Å². The van der Waals surface area contributed by atoms with E-state index < -0.39 is 0 Å². The molecule has 50 heavy (non-hydrogen) atoms. The quantitative estimate of drug-likeness (QED) is 0.198. The number of nitrogens with one attached hydrogen (secondary N) is 1. The Morgan fingerprint density at radius 1 is 0.280 bits per heavy atom. The van der Waals surface area contributed by atoms with Gasteiger partial charge in [0, 0.05) is 11.4 Å². The van der Waals surface area contributed by atoms with Crippen LogP contribution in [0.25, 0.3) is 55.6 Å². The van der Waals surface area contributed by atoms with Gasteiger partial charge in [0.15, 0.2) is 0 Å². The van der Waals surface area contributed by atoms with Crippen LogP contribution in [0.1, 0.15) is 22.3 Å². The maximum absolute atomic E-state index is 3.79. The Morgan fingerprint density at radius 3 is 1.22 bits per heavy atom. The van der Waals surface area contributed by atoms with E-state index in [-0.39, 0.29) is 5.41 Å². The second-order valence-electron chi connectivity index (χ2n) is 13.3. The number of hydrogen-bond acceptors (Lipinski definition) is 1. The normalized spacial score (nSPS) is 13.0. The average molecular weight is 636 g/mol. The van der Waals surface area contributed by atoms with Gasteiger partial charge in [-0.1, -0.05) is 170 Å². The second-order valence-corrected chi connectivity index (χ2v) is 13.3. The first-order valence-electron chi connectivity index (χ1n) is 17.4. The highest BCUT2D eigenvalue weighted by atomic mass is 14.9. The maximum atomic E-state index is 3.79. The molecule has 0 saturated heterocycles. The first-order valence-corrected chi connectivity index (χ1v) is 17.4. The average Bonchev–Trinajstić information content (AvgIpc) is 3.66. The van der Waals surface area contributed by atoms with Crippen LogP contribution >= 0.6 is 0 Å². The Hall–Kier alpha value is -6.44. The van der Waals surface area contributed by atoms with Crippen LogP contribution in [-0.2, 0) is 5.41 Å². The molecular weight excluding hydrogens is 603 g/mol. The Kier molecular flexibility index (Phi) is 6.47. The van der Waals surface area contributed by atoms with Crippen molar-refractivity contribution in [1.82, 2.24) is 0 Å².